The summed E-state index contributed by atoms with van der Waals surface area (Å²) >= 11 is 1.34. The number of rotatable bonds is 5. The van der Waals surface area contributed by atoms with E-state index in [0.29, 0.717) is 5.13 Å². The van der Waals surface area contributed by atoms with Crippen molar-refractivity contribution >= 4 is 22.4 Å². The number of amides is 1. The van der Waals surface area contributed by atoms with Crippen LogP contribution in [0.3, 0.4) is 0 Å². The molecule has 6 heteroatoms. The zero-order valence-electron chi connectivity index (χ0n) is 11.7. The molecule has 0 atom stereocenters. The van der Waals surface area contributed by atoms with Gasteiger partial charge in [0.1, 0.15) is 11.6 Å². The number of hydrogen-bond donors (Lipinski definition) is 1. The minimum Gasteiger partial charge on any atom is -0.369 e. The van der Waals surface area contributed by atoms with Gasteiger partial charge < -0.3 is 4.74 Å². The molecule has 0 aliphatic heterocycles. The second kappa shape index (κ2) is 6.58. The number of anilines is 1. The quantitative estimate of drug-likeness (QED) is 0.920. The Morgan fingerprint density at radius 3 is 2.65 bits per heavy atom. The van der Waals surface area contributed by atoms with Crippen LogP contribution < -0.4 is 5.32 Å². The van der Waals surface area contributed by atoms with Gasteiger partial charge in [0.05, 0.1) is 6.10 Å². The highest BCUT2D eigenvalue weighted by Crippen LogP contribution is 2.26. The van der Waals surface area contributed by atoms with Crippen LogP contribution in [0.2, 0.25) is 0 Å². The molecule has 2 aromatic rings. The molecule has 2 rings (SSSR count). The summed E-state index contributed by atoms with van der Waals surface area (Å²) in [5.74, 6) is -0.217. The topological polar surface area (TPSA) is 64.1 Å². The number of carbonyl (C=O) groups is 1. The summed E-state index contributed by atoms with van der Waals surface area (Å²) in [5.41, 5.74) is 2.18. The van der Waals surface area contributed by atoms with Crippen LogP contribution in [-0.2, 0) is 9.53 Å². The van der Waals surface area contributed by atoms with Gasteiger partial charge in [-0.3, -0.25) is 10.1 Å². The minimum atomic E-state index is -0.217. The van der Waals surface area contributed by atoms with E-state index in [4.69, 9.17) is 4.74 Å². The standard InChI is InChI=1S/C14H17N3O2S/c1-9(2)19-8-12(18)15-14-17-16-13(20-14)11-6-4-10(3)5-7-11/h4-7,9H,8H2,1-3H3,(H,15,17,18). The molecule has 0 radical (unpaired) electrons. The van der Waals surface area contributed by atoms with Gasteiger partial charge in [0.2, 0.25) is 5.13 Å². The summed E-state index contributed by atoms with van der Waals surface area (Å²) in [6, 6.07) is 8.02. The molecule has 0 aliphatic rings. The molecule has 5 nitrogen and oxygen atoms in total. The van der Waals surface area contributed by atoms with Gasteiger partial charge in [0.25, 0.3) is 5.91 Å². The van der Waals surface area contributed by atoms with Crippen LogP contribution >= 0.6 is 11.3 Å². The molecule has 1 aromatic heterocycles. The smallest absolute Gasteiger partial charge is 0.252 e. The first kappa shape index (κ1) is 14.6. The number of hydrogen-bond acceptors (Lipinski definition) is 5. The van der Waals surface area contributed by atoms with Crippen LogP contribution in [0.1, 0.15) is 19.4 Å². The molecule has 0 unspecified atom stereocenters. The van der Waals surface area contributed by atoms with Crippen LogP contribution in [0.15, 0.2) is 24.3 Å². The SMILES string of the molecule is Cc1ccc(-c2nnc(NC(=O)COC(C)C)s2)cc1. The summed E-state index contributed by atoms with van der Waals surface area (Å²) in [6.45, 7) is 5.82. The van der Waals surface area contributed by atoms with Crippen molar-refractivity contribution in [2.75, 3.05) is 11.9 Å². The second-order valence-electron chi connectivity index (χ2n) is 4.69. The lowest BCUT2D eigenvalue weighted by atomic mass is 10.2. The van der Waals surface area contributed by atoms with E-state index < -0.39 is 0 Å². The lowest BCUT2D eigenvalue weighted by Gasteiger charge is -2.05. The zero-order valence-corrected chi connectivity index (χ0v) is 12.5. The van der Waals surface area contributed by atoms with Crippen LogP contribution in [0.5, 0.6) is 0 Å². The van der Waals surface area contributed by atoms with Crippen LogP contribution in [0, 0.1) is 6.92 Å². The van der Waals surface area contributed by atoms with Crippen molar-refractivity contribution < 1.29 is 9.53 Å². The van der Waals surface area contributed by atoms with Crippen LogP contribution in [0.25, 0.3) is 10.6 Å². The third-order valence-electron chi connectivity index (χ3n) is 2.52. The van der Waals surface area contributed by atoms with Gasteiger partial charge >= 0.3 is 0 Å². The fourth-order valence-corrected chi connectivity index (χ4v) is 2.25. The van der Waals surface area contributed by atoms with Crippen molar-refractivity contribution in [3.05, 3.63) is 29.8 Å². The molecule has 1 N–H and O–H groups in total. The fraction of sp³-hybridized carbons (Fsp3) is 0.357. The largest absolute Gasteiger partial charge is 0.369 e. The lowest BCUT2D eigenvalue weighted by Crippen LogP contribution is -2.20. The van der Waals surface area contributed by atoms with E-state index in [1.54, 1.807) is 0 Å². The Bertz CT molecular complexity index is 578. The summed E-state index contributed by atoms with van der Waals surface area (Å²) in [7, 11) is 0. The van der Waals surface area contributed by atoms with E-state index in [-0.39, 0.29) is 18.6 Å². The average Bonchev–Trinajstić information content (AvgIpc) is 2.85. The normalized spacial score (nSPS) is 10.8. The maximum absolute atomic E-state index is 11.6. The predicted octanol–water partition coefficient (Wildman–Crippen LogP) is 2.88. The van der Waals surface area contributed by atoms with Crippen molar-refractivity contribution in [1.29, 1.82) is 0 Å². The van der Waals surface area contributed by atoms with E-state index >= 15 is 0 Å². The second-order valence-corrected chi connectivity index (χ2v) is 5.66. The number of carbonyl (C=O) groups excluding carboxylic acids is 1. The highest BCUT2D eigenvalue weighted by atomic mass is 32.1. The molecule has 0 bridgehead atoms. The first-order chi connectivity index (χ1) is 9.54. The van der Waals surface area contributed by atoms with Crippen molar-refractivity contribution in [2.24, 2.45) is 0 Å². The van der Waals surface area contributed by atoms with E-state index in [1.807, 2.05) is 45.0 Å². The van der Waals surface area contributed by atoms with Gasteiger partial charge in [0, 0.05) is 5.56 Å². The molecule has 20 heavy (non-hydrogen) atoms. The van der Waals surface area contributed by atoms with Gasteiger partial charge in [0.15, 0.2) is 0 Å². The molecule has 0 spiro atoms. The van der Waals surface area contributed by atoms with Crippen LogP contribution in [0.4, 0.5) is 5.13 Å². The lowest BCUT2D eigenvalue weighted by molar-refractivity contribution is -0.121. The molecule has 1 amide bonds. The molecule has 0 saturated carbocycles. The molecule has 1 heterocycles. The molecule has 1 aromatic carbocycles. The van der Waals surface area contributed by atoms with E-state index in [0.717, 1.165) is 10.6 Å². The number of aryl methyl sites for hydroxylation is 1. The van der Waals surface area contributed by atoms with Gasteiger partial charge in [-0.2, -0.15) is 0 Å². The highest BCUT2D eigenvalue weighted by Gasteiger charge is 2.10. The number of benzene rings is 1. The third kappa shape index (κ3) is 4.11. The first-order valence-electron chi connectivity index (χ1n) is 6.36. The number of aromatic nitrogens is 2. The summed E-state index contributed by atoms with van der Waals surface area (Å²) < 4.78 is 5.22. The maximum atomic E-state index is 11.6. The molecule has 0 saturated heterocycles. The predicted molar refractivity (Wildman–Crippen MR) is 79.8 cm³/mol. The molecular weight excluding hydrogens is 274 g/mol. The van der Waals surface area contributed by atoms with Gasteiger partial charge in [-0.25, -0.2) is 0 Å². The Kier molecular flexibility index (Phi) is 4.81. The number of ether oxygens (including phenoxy) is 1. The number of nitrogens with one attached hydrogen (secondary N) is 1. The Labute approximate surface area is 122 Å². The van der Waals surface area contributed by atoms with Crippen molar-refractivity contribution in [3.63, 3.8) is 0 Å². The summed E-state index contributed by atoms with van der Waals surface area (Å²) in [5, 5.41) is 12.0. The van der Waals surface area contributed by atoms with Crippen molar-refractivity contribution in [1.82, 2.24) is 10.2 Å². The van der Waals surface area contributed by atoms with Gasteiger partial charge in [-0.05, 0) is 20.8 Å². The van der Waals surface area contributed by atoms with Gasteiger partial charge in [-0.15, -0.1) is 10.2 Å². The van der Waals surface area contributed by atoms with Gasteiger partial charge in [-0.1, -0.05) is 41.2 Å². The minimum absolute atomic E-state index is 0.0249. The van der Waals surface area contributed by atoms with E-state index in [2.05, 4.69) is 15.5 Å². The Hall–Kier alpha value is -1.79. The Morgan fingerprint density at radius 2 is 2.00 bits per heavy atom. The summed E-state index contributed by atoms with van der Waals surface area (Å²) in [4.78, 5) is 11.6. The summed E-state index contributed by atoms with van der Waals surface area (Å²) in [6.07, 6.45) is 0.0262. The molecule has 106 valence electrons. The van der Waals surface area contributed by atoms with E-state index in [9.17, 15) is 4.79 Å². The maximum Gasteiger partial charge on any atom is 0.252 e. The number of nitrogens with zero attached hydrogens (tertiary/aromatic N) is 2. The third-order valence-corrected chi connectivity index (χ3v) is 3.41. The fourth-order valence-electron chi connectivity index (χ4n) is 1.48. The van der Waals surface area contributed by atoms with Crippen LogP contribution in [-0.4, -0.2) is 28.8 Å². The average molecular weight is 291 g/mol. The van der Waals surface area contributed by atoms with Crippen molar-refractivity contribution in [3.8, 4) is 10.6 Å². The Balaban J connectivity index is 1.98. The molecular formula is C14H17N3O2S. The first-order valence-corrected chi connectivity index (χ1v) is 7.18. The highest BCUT2D eigenvalue weighted by molar-refractivity contribution is 7.18. The van der Waals surface area contributed by atoms with E-state index in [1.165, 1.54) is 16.9 Å². The molecule has 0 aliphatic carbocycles. The van der Waals surface area contributed by atoms with Crippen molar-refractivity contribution in [2.45, 2.75) is 26.9 Å². The Morgan fingerprint density at radius 1 is 1.30 bits per heavy atom. The monoisotopic (exact) mass is 291 g/mol. The molecule has 0 fully saturated rings. The zero-order chi connectivity index (χ0) is 14.5.